The van der Waals surface area contributed by atoms with Gasteiger partial charge in [-0.1, -0.05) is 30.9 Å². The fourth-order valence-electron chi connectivity index (χ4n) is 3.93. The van der Waals surface area contributed by atoms with E-state index in [9.17, 15) is 10.1 Å². The standard InChI is InChI=1S/C29H29NO5/c1-7-9-22-16-27(33-4)26(21-10-12-24(13-11-21)30(31)32)18-25(22)19(3)14-23-17-29(35-6)28(34-5)15-20(23)8-2/h7-18H,2H2,1,3-6H3/b9-7-,19-14+. The smallest absolute Gasteiger partial charge is 0.269 e. The number of methoxy groups -OCH3 is 3. The fraction of sp³-hybridized carbons (Fsp3) is 0.172. The van der Waals surface area contributed by atoms with E-state index in [1.54, 1.807) is 39.5 Å². The lowest BCUT2D eigenvalue weighted by Gasteiger charge is -2.16. The molecule has 0 aliphatic rings. The topological polar surface area (TPSA) is 70.8 Å². The molecule has 0 saturated heterocycles. The second kappa shape index (κ2) is 11.2. The SMILES string of the molecule is C=Cc1cc(OC)c(OC)cc1/C=C(\C)c1cc(-c2ccc([N+](=O)[O-])cc2)c(OC)cc1/C=C\C. The molecule has 0 atom stereocenters. The van der Waals surface area contributed by atoms with Crippen molar-refractivity contribution in [3.05, 3.63) is 93.6 Å². The van der Waals surface area contributed by atoms with Crippen LogP contribution in [0.3, 0.4) is 0 Å². The van der Waals surface area contributed by atoms with Gasteiger partial charge in [0.1, 0.15) is 5.75 Å². The van der Waals surface area contributed by atoms with Crippen molar-refractivity contribution in [1.82, 2.24) is 0 Å². The van der Waals surface area contributed by atoms with Crippen molar-refractivity contribution in [3.63, 3.8) is 0 Å². The number of benzene rings is 3. The van der Waals surface area contributed by atoms with Crippen molar-refractivity contribution < 1.29 is 19.1 Å². The number of rotatable bonds is 9. The van der Waals surface area contributed by atoms with E-state index in [0.717, 1.165) is 39.0 Å². The lowest BCUT2D eigenvalue weighted by Crippen LogP contribution is -1.96. The minimum Gasteiger partial charge on any atom is -0.496 e. The van der Waals surface area contributed by atoms with Crippen molar-refractivity contribution in [2.45, 2.75) is 13.8 Å². The van der Waals surface area contributed by atoms with Crippen LogP contribution in [-0.4, -0.2) is 26.3 Å². The molecule has 0 unspecified atom stereocenters. The van der Waals surface area contributed by atoms with Crippen molar-refractivity contribution in [2.24, 2.45) is 0 Å². The molecule has 0 aliphatic carbocycles. The number of allylic oxidation sites excluding steroid dienone is 2. The van der Waals surface area contributed by atoms with Gasteiger partial charge < -0.3 is 14.2 Å². The van der Waals surface area contributed by atoms with Crippen LogP contribution in [0.1, 0.15) is 36.1 Å². The maximum absolute atomic E-state index is 11.1. The second-order valence-corrected chi connectivity index (χ2v) is 7.81. The monoisotopic (exact) mass is 471 g/mol. The van der Waals surface area contributed by atoms with E-state index in [0.29, 0.717) is 17.2 Å². The summed E-state index contributed by atoms with van der Waals surface area (Å²) >= 11 is 0. The van der Waals surface area contributed by atoms with Gasteiger partial charge in [-0.3, -0.25) is 10.1 Å². The maximum Gasteiger partial charge on any atom is 0.269 e. The number of nitrogens with zero attached hydrogens (tertiary/aromatic N) is 1. The molecule has 0 aromatic heterocycles. The Morgan fingerprint density at radius 1 is 0.886 bits per heavy atom. The van der Waals surface area contributed by atoms with Crippen LogP contribution in [0.5, 0.6) is 17.2 Å². The Hall–Kier alpha value is -4.32. The third-order valence-corrected chi connectivity index (χ3v) is 5.71. The highest BCUT2D eigenvalue weighted by molar-refractivity contribution is 5.90. The first-order valence-electron chi connectivity index (χ1n) is 11.0. The normalized spacial score (nSPS) is 11.4. The molecule has 180 valence electrons. The molecule has 0 aliphatic heterocycles. The van der Waals surface area contributed by atoms with Gasteiger partial charge in [0.25, 0.3) is 5.69 Å². The number of nitro benzene ring substituents is 1. The molecule has 0 saturated carbocycles. The van der Waals surface area contributed by atoms with Crippen LogP contribution in [0.25, 0.3) is 34.9 Å². The molecule has 3 aromatic carbocycles. The van der Waals surface area contributed by atoms with E-state index in [-0.39, 0.29) is 5.69 Å². The Bertz CT molecular complexity index is 1300. The molecular formula is C29H29NO5. The Morgan fingerprint density at radius 3 is 1.97 bits per heavy atom. The molecule has 0 N–H and O–H groups in total. The zero-order valence-electron chi connectivity index (χ0n) is 20.6. The van der Waals surface area contributed by atoms with Gasteiger partial charge in [-0.15, -0.1) is 0 Å². The van der Waals surface area contributed by atoms with Gasteiger partial charge in [0.15, 0.2) is 11.5 Å². The highest BCUT2D eigenvalue weighted by atomic mass is 16.6. The number of non-ortho nitro benzene ring substituents is 1. The highest BCUT2D eigenvalue weighted by Crippen LogP contribution is 2.38. The lowest BCUT2D eigenvalue weighted by atomic mass is 9.92. The van der Waals surface area contributed by atoms with Crippen LogP contribution in [0.4, 0.5) is 5.69 Å². The molecule has 3 rings (SSSR count). The van der Waals surface area contributed by atoms with E-state index in [4.69, 9.17) is 14.2 Å². The summed E-state index contributed by atoms with van der Waals surface area (Å²) in [7, 11) is 4.83. The quantitative estimate of drug-likeness (QED) is 0.183. The predicted molar refractivity (Wildman–Crippen MR) is 143 cm³/mol. The first kappa shape index (κ1) is 25.3. The van der Waals surface area contributed by atoms with Gasteiger partial charge in [0, 0.05) is 17.7 Å². The summed E-state index contributed by atoms with van der Waals surface area (Å²) in [5.41, 5.74) is 6.57. The summed E-state index contributed by atoms with van der Waals surface area (Å²) in [6.45, 7) is 7.95. The Kier molecular flexibility index (Phi) is 8.10. The minimum absolute atomic E-state index is 0.0416. The van der Waals surface area contributed by atoms with Crippen LogP contribution < -0.4 is 14.2 Å². The molecule has 0 spiro atoms. The zero-order valence-corrected chi connectivity index (χ0v) is 20.6. The number of hydrogen-bond acceptors (Lipinski definition) is 5. The fourth-order valence-corrected chi connectivity index (χ4v) is 3.93. The van der Waals surface area contributed by atoms with Crippen LogP contribution >= 0.6 is 0 Å². The summed E-state index contributed by atoms with van der Waals surface area (Å²) in [5.74, 6) is 1.95. The summed E-state index contributed by atoms with van der Waals surface area (Å²) in [6.07, 6.45) is 7.86. The van der Waals surface area contributed by atoms with Crippen molar-refractivity contribution >= 4 is 29.5 Å². The summed E-state index contributed by atoms with van der Waals surface area (Å²) in [6, 6.07) is 14.3. The number of nitro groups is 1. The largest absolute Gasteiger partial charge is 0.496 e. The molecule has 6 nitrogen and oxygen atoms in total. The molecule has 6 heteroatoms. The second-order valence-electron chi connectivity index (χ2n) is 7.81. The van der Waals surface area contributed by atoms with Crippen LogP contribution in [0.2, 0.25) is 0 Å². The van der Waals surface area contributed by atoms with Gasteiger partial charge in [-0.25, -0.2) is 0 Å². The maximum atomic E-state index is 11.1. The van der Waals surface area contributed by atoms with Gasteiger partial charge in [-0.05, 0) is 83.6 Å². The van der Waals surface area contributed by atoms with E-state index >= 15 is 0 Å². The van der Waals surface area contributed by atoms with E-state index in [2.05, 4.69) is 18.7 Å². The predicted octanol–water partition coefficient (Wildman–Crippen LogP) is 7.52. The summed E-state index contributed by atoms with van der Waals surface area (Å²) in [4.78, 5) is 10.7. The average molecular weight is 472 g/mol. The highest BCUT2D eigenvalue weighted by Gasteiger charge is 2.15. The van der Waals surface area contributed by atoms with E-state index < -0.39 is 4.92 Å². The van der Waals surface area contributed by atoms with Crippen LogP contribution in [-0.2, 0) is 0 Å². The van der Waals surface area contributed by atoms with Crippen LogP contribution in [0.15, 0.2) is 61.2 Å². The van der Waals surface area contributed by atoms with Crippen molar-refractivity contribution in [3.8, 4) is 28.4 Å². The molecule has 35 heavy (non-hydrogen) atoms. The van der Waals surface area contributed by atoms with E-state index in [1.807, 2.05) is 44.2 Å². The molecule has 0 radical (unpaired) electrons. The Balaban J connectivity index is 2.21. The third kappa shape index (κ3) is 5.44. The molecule has 0 bridgehead atoms. The number of ether oxygens (including phenoxy) is 3. The van der Waals surface area contributed by atoms with Gasteiger partial charge in [-0.2, -0.15) is 0 Å². The third-order valence-electron chi connectivity index (χ3n) is 5.71. The Morgan fingerprint density at radius 2 is 1.46 bits per heavy atom. The van der Waals surface area contributed by atoms with Crippen LogP contribution in [0, 0.1) is 10.1 Å². The molecule has 3 aromatic rings. The molecule has 0 fully saturated rings. The number of hydrogen-bond donors (Lipinski definition) is 0. The summed E-state index contributed by atoms with van der Waals surface area (Å²) < 4.78 is 16.6. The lowest BCUT2D eigenvalue weighted by molar-refractivity contribution is -0.384. The first-order chi connectivity index (χ1) is 16.9. The van der Waals surface area contributed by atoms with E-state index in [1.165, 1.54) is 12.1 Å². The molecule has 0 amide bonds. The van der Waals surface area contributed by atoms with Gasteiger partial charge >= 0.3 is 0 Å². The van der Waals surface area contributed by atoms with Crippen molar-refractivity contribution in [1.29, 1.82) is 0 Å². The summed E-state index contributed by atoms with van der Waals surface area (Å²) in [5, 5.41) is 11.1. The van der Waals surface area contributed by atoms with Gasteiger partial charge in [0.2, 0.25) is 0 Å². The average Bonchev–Trinajstić information content (AvgIpc) is 2.88. The zero-order chi connectivity index (χ0) is 25.5. The first-order valence-corrected chi connectivity index (χ1v) is 11.0. The Labute approximate surface area is 205 Å². The van der Waals surface area contributed by atoms with Gasteiger partial charge in [0.05, 0.1) is 26.3 Å². The van der Waals surface area contributed by atoms with Crippen molar-refractivity contribution in [2.75, 3.05) is 21.3 Å². The molecule has 0 heterocycles. The molecular weight excluding hydrogens is 442 g/mol. The minimum atomic E-state index is -0.408.